The van der Waals surface area contributed by atoms with Crippen LogP contribution in [0.25, 0.3) is 10.2 Å². The van der Waals surface area contributed by atoms with Crippen molar-refractivity contribution < 1.29 is 0 Å². The molecule has 96 valence electrons. The van der Waals surface area contributed by atoms with Gasteiger partial charge in [-0.05, 0) is 49.2 Å². The lowest BCUT2D eigenvalue weighted by atomic mass is 10.2. The van der Waals surface area contributed by atoms with Crippen LogP contribution in [0.1, 0.15) is 25.3 Å². The van der Waals surface area contributed by atoms with Gasteiger partial charge in [-0.3, -0.25) is 9.36 Å². The average molecular weight is 298 g/mol. The lowest BCUT2D eigenvalue weighted by molar-refractivity contribution is 0.494. The Morgan fingerprint density at radius 1 is 1.56 bits per heavy atom. The van der Waals surface area contributed by atoms with Crippen molar-refractivity contribution in [2.75, 3.05) is 6.26 Å². The molecule has 1 fully saturated rings. The van der Waals surface area contributed by atoms with Crippen LogP contribution >= 0.6 is 35.3 Å². The maximum atomic E-state index is 12.5. The van der Waals surface area contributed by atoms with Gasteiger partial charge in [-0.15, -0.1) is 11.3 Å². The molecule has 0 aliphatic heterocycles. The van der Waals surface area contributed by atoms with Gasteiger partial charge in [-0.1, -0.05) is 0 Å². The first-order valence-corrected chi connectivity index (χ1v) is 8.53. The van der Waals surface area contributed by atoms with Crippen molar-refractivity contribution >= 4 is 45.5 Å². The van der Waals surface area contributed by atoms with Crippen LogP contribution in [-0.2, 0) is 0 Å². The first kappa shape index (κ1) is 12.4. The molecule has 1 aliphatic carbocycles. The molecule has 0 bridgehead atoms. The van der Waals surface area contributed by atoms with E-state index in [1.807, 2.05) is 23.2 Å². The second-order valence-electron chi connectivity index (χ2n) is 4.59. The molecule has 2 aromatic rings. The largest absolute Gasteiger partial charge is 0.323 e. The molecule has 0 spiro atoms. The molecule has 0 radical (unpaired) electrons. The van der Waals surface area contributed by atoms with E-state index in [0.29, 0.717) is 10.0 Å². The van der Waals surface area contributed by atoms with Crippen LogP contribution in [0.2, 0.25) is 0 Å². The highest BCUT2D eigenvalue weighted by molar-refractivity contribution is 7.99. The van der Waals surface area contributed by atoms with Crippen LogP contribution < -0.4 is 5.56 Å². The van der Waals surface area contributed by atoms with Gasteiger partial charge < -0.3 is 4.98 Å². The first-order chi connectivity index (χ1) is 8.70. The van der Waals surface area contributed by atoms with Crippen LogP contribution in [0.5, 0.6) is 0 Å². The predicted molar refractivity (Wildman–Crippen MR) is 81.5 cm³/mol. The van der Waals surface area contributed by atoms with Gasteiger partial charge in [0.15, 0.2) is 4.77 Å². The van der Waals surface area contributed by atoms with Crippen molar-refractivity contribution in [2.45, 2.75) is 30.6 Å². The minimum Gasteiger partial charge on any atom is -0.323 e. The molecule has 1 saturated carbocycles. The molecule has 0 saturated heterocycles. The van der Waals surface area contributed by atoms with Crippen molar-refractivity contribution in [3.05, 3.63) is 26.6 Å². The molecule has 6 heteroatoms. The van der Waals surface area contributed by atoms with Gasteiger partial charge in [0.25, 0.3) is 5.56 Å². The molecule has 2 heterocycles. The van der Waals surface area contributed by atoms with Crippen molar-refractivity contribution in [3.8, 4) is 0 Å². The van der Waals surface area contributed by atoms with Crippen LogP contribution in [0.4, 0.5) is 0 Å². The maximum Gasteiger partial charge on any atom is 0.263 e. The van der Waals surface area contributed by atoms with Gasteiger partial charge in [-0.2, -0.15) is 11.8 Å². The van der Waals surface area contributed by atoms with Crippen LogP contribution in [-0.4, -0.2) is 21.1 Å². The summed E-state index contributed by atoms with van der Waals surface area (Å²) in [7, 11) is 0. The third kappa shape index (κ3) is 1.96. The second kappa shape index (κ2) is 4.83. The Bertz CT molecular complexity index is 684. The van der Waals surface area contributed by atoms with Gasteiger partial charge in [0.05, 0.1) is 5.39 Å². The summed E-state index contributed by atoms with van der Waals surface area (Å²) in [6.45, 7) is 0. The van der Waals surface area contributed by atoms with E-state index < -0.39 is 0 Å². The molecule has 3 nitrogen and oxygen atoms in total. The Morgan fingerprint density at radius 2 is 2.39 bits per heavy atom. The molecular weight excluding hydrogens is 284 g/mol. The molecule has 2 aromatic heterocycles. The van der Waals surface area contributed by atoms with E-state index in [1.165, 1.54) is 17.8 Å². The SMILES string of the molecule is CSC1CCC(n2c(=S)[nH]c3sccc3c2=O)C1. The first-order valence-electron chi connectivity index (χ1n) is 5.95. The van der Waals surface area contributed by atoms with Crippen LogP contribution in [0.15, 0.2) is 16.2 Å². The summed E-state index contributed by atoms with van der Waals surface area (Å²) in [4.78, 5) is 16.5. The number of fused-ring (bicyclic) bond motifs is 1. The smallest absolute Gasteiger partial charge is 0.263 e. The number of hydrogen-bond acceptors (Lipinski definition) is 4. The molecule has 2 unspecified atom stereocenters. The molecule has 18 heavy (non-hydrogen) atoms. The molecule has 0 aromatic carbocycles. The summed E-state index contributed by atoms with van der Waals surface area (Å²) in [5.74, 6) is 0. The highest BCUT2D eigenvalue weighted by atomic mass is 32.2. The second-order valence-corrected chi connectivity index (χ2v) is 7.03. The Balaban J connectivity index is 2.12. The van der Waals surface area contributed by atoms with E-state index in [2.05, 4.69) is 11.2 Å². The minimum atomic E-state index is 0.0711. The summed E-state index contributed by atoms with van der Waals surface area (Å²) < 4.78 is 2.36. The lowest BCUT2D eigenvalue weighted by Crippen LogP contribution is -2.25. The Kier molecular flexibility index (Phi) is 3.34. The molecule has 2 atom stereocenters. The predicted octanol–water partition coefficient (Wildman–Crippen LogP) is 3.58. The summed E-state index contributed by atoms with van der Waals surface area (Å²) >= 11 is 8.77. The number of rotatable bonds is 2. The van der Waals surface area contributed by atoms with Gasteiger partial charge >= 0.3 is 0 Å². The van der Waals surface area contributed by atoms with E-state index in [1.54, 1.807) is 4.57 Å². The number of nitrogens with zero attached hydrogens (tertiary/aromatic N) is 1. The standard InChI is InChI=1S/C12H14N2OS3/c1-17-8-3-2-7(6-8)14-11(15)9-4-5-18-10(9)13-12(14)16/h4-5,7-8H,2-3,6H2,1H3,(H,13,16). The highest BCUT2D eigenvalue weighted by Crippen LogP contribution is 2.35. The molecular formula is C12H14N2OS3. The van der Waals surface area contributed by atoms with Crippen LogP contribution in [0, 0.1) is 4.77 Å². The Hall–Kier alpha value is -0.590. The number of aromatic nitrogens is 2. The van der Waals surface area contributed by atoms with Crippen LogP contribution in [0.3, 0.4) is 0 Å². The summed E-state index contributed by atoms with van der Waals surface area (Å²) in [5, 5.41) is 3.36. The quantitative estimate of drug-likeness (QED) is 0.861. The number of hydrogen-bond donors (Lipinski definition) is 1. The van der Waals surface area contributed by atoms with Crippen molar-refractivity contribution in [3.63, 3.8) is 0 Å². The van der Waals surface area contributed by atoms with E-state index >= 15 is 0 Å². The van der Waals surface area contributed by atoms with Gasteiger partial charge in [0.2, 0.25) is 0 Å². The fourth-order valence-corrected chi connectivity index (χ4v) is 4.61. The average Bonchev–Trinajstić information content (AvgIpc) is 2.97. The number of nitrogens with one attached hydrogen (secondary N) is 1. The van der Waals surface area contributed by atoms with Crippen molar-refractivity contribution in [2.24, 2.45) is 0 Å². The minimum absolute atomic E-state index is 0.0711. The zero-order valence-corrected chi connectivity index (χ0v) is 12.5. The van der Waals surface area contributed by atoms with Gasteiger partial charge in [-0.25, -0.2) is 0 Å². The molecule has 1 aliphatic rings. The summed E-state index contributed by atoms with van der Waals surface area (Å²) in [6.07, 6.45) is 5.42. The normalized spacial score (nSPS) is 23.8. The molecule has 0 amide bonds. The number of thioether (sulfide) groups is 1. The zero-order valence-electron chi connectivity index (χ0n) is 10.0. The van der Waals surface area contributed by atoms with E-state index in [-0.39, 0.29) is 11.6 Å². The monoisotopic (exact) mass is 298 g/mol. The number of aromatic amines is 1. The lowest BCUT2D eigenvalue weighted by Gasteiger charge is -2.14. The fraction of sp³-hybridized carbons (Fsp3) is 0.500. The Labute approximate surface area is 118 Å². The Morgan fingerprint density at radius 3 is 3.11 bits per heavy atom. The van der Waals surface area contributed by atoms with Gasteiger partial charge in [0, 0.05) is 11.3 Å². The van der Waals surface area contributed by atoms with E-state index in [4.69, 9.17) is 12.2 Å². The van der Waals surface area contributed by atoms with E-state index in [9.17, 15) is 4.79 Å². The number of H-pyrrole nitrogens is 1. The van der Waals surface area contributed by atoms with Gasteiger partial charge in [0.1, 0.15) is 4.83 Å². The highest BCUT2D eigenvalue weighted by Gasteiger charge is 2.27. The molecule has 1 N–H and O–H groups in total. The van der Waals surface area contributed by atoms with Crippen molar-refractivity contribution in [1.82, 2.24) is 9.55 Å². The topological polar surface area (TPSA) is 37.8 Å². The number of thiophene rings is 1. The summed E-state index contributed by atoms with van der Waals surface area (Å²) in [6, 6.07) is 2.15. The third-order valence-corrected chi connectivity index (χ3v) is 5.83. The van der Waals surface area contributed by atoms with E-state index in [0.717, 1.165) is 23.1 Å². The fourth-order valence-electron chi connectivity index (χ4n) is 2.65. The third-order valence-electron chi connectivity index (χ3n) is 3.61. The van der Waals surface area contributed by atoms with Crippen molar-refractivity contribution in [1.29, 1.82) is 0 Å². The zero-order chi connectivity index (χ0) is 12.7. The maximum absolute atomic E-state index is 12.5. The molecule has 3 rings (SSSR count). The summed E-state index contributed by atoms with van der Waals surface area (Å²) in [5.41, 5.74) is 0.0711.